The first-order chi connectivity index (χ1) is 11.7. The van der Waals surface area contributed by atoms with Crippen molar-refractivity contribution in [3.05, 3.63) is 35.4 Å². The van der Waals surface area contributed by atoms with E-state index in [0.29, 0.717) is 30.0 Å². The molecule has 24 heavy (non-hydrogen) atoms. The molecule has 1 heterocycles. The van der Waals surface area contributed by atoms with Gasteiger partial charge in [-0.25, -0.2) is 0 Å². The Labute approximate surface area is 144 Å². The van der Waals surface area contributed by atoms with Crippen molar-refractivity contribution in [2.75, 3.05) is 13.2 Å². The number of benzene rings is 1. The molecule has 1 amide bonds. The lowest BCUT2D eigenvalue weighted by molar-refractivity contribution is -0.130. The van der Waals surface area contributed by atoms with E-state index < -0.39 is 0 Å². The van der Waals surface area contributed by atoms with Crippen LogP contribution in [0, 0.1) is 11.3 Å². The van der Waals surface area contributed by atoms with Crippen molar-refractivity contribution >= 4 is 5.91 Å². The molecular formula is C20H28N2O2. The molecular weight excluding hydrogens is 300 g/mol. The van der Waals surface area contributed by atoms with E-state index in [0.717, 1.165) is 18.7 Å². The minimum atomic E-state index is 0.0134. The van der Waals surface area contributed by atoms with Gasteiger partial charge < -0.3 is 15.4 Å². The van der Waals surface area contributed by atoms with E-state index in [2.05, 4.69) is 16.7 Å². The summed E-state index contributed by atoms with van der Waals surface area (Å²) in [4.78, 5) is 12.0. The smallest absolute Gasteiger partial charge is 0.251 e. The fourth-order valence-corrected chi connectivity index (χ4v) is 5.32. The van der Waals surface area contributed by atoms with Crippen molar-refractivity contribution in [1.82, 2.24) is 10.6 Å². The van der Waals surface area contributed by atoms with Gasteiger partial charge in [0.1, 0.15) is 0 Å². The van der Waals surface area contributed by atoms with E-state index in [4.69, 9.17) is 4.74 Å². The molecule has 4 heteroatoms. The number of nitrogens with one attached hydrogen (secondary N) is 2. The SMILES string of the molecule is CCNC(=O)c1cccc(CNC2[C@H]3CCO[C@H]3C23CCCC3)c1. The largest absolute Gasteiger partial charge is 0.377 e. The first-order valence-electron chi connectivity index (χ1n) is 9.47. The number of rotatable bonds is 5. The molecule has 1 aliphatic heterocycles. The molecule has 3 fully saturated rings. The molecule has 3 aliphatic rings. The zero-order valence-electron chi connectivity index (χ0n) is 14.5. The van der Waals surface area contributed by atoms with Gasteiger partial charge in [0.05, 0.1) is 6.10 Å². The minimum absolute atomic E-state index is 0.0134. The predicted octanol–water partition coefficient (Wildman–Crippen LogP) is 2.87. The first kappa shape index (κ1) is 16.1. The molecule has 0 bridgehead atoms. The van der Waals surface area contributed by atoms with Crippen LogP contribution >= 0.6 is 0 Å². The molecule has 130 valence electrons. The quantitative estimate of drug-likeness (QED) is 0.874. The van der Waals surface area contributed by atoms with Crippen LogP contribution in [0.5, 0.6) is 0 Å². The van der Waals surface area contributed by atoms with Crippen LogP contribution in [-0.2, 0) is 11.3 Å². The van der Waals surface area contributed by atoms with Gasteiger partial charge in [0.15, 0.2) is 0 Å². The summed E-state index contributed by atoms with van der Waals surface area (Å²) in [6, 6.07) is 8.58. The number of carbonyl (C=O) groups excluding carboxylic acids is 1. The summed E-state index contributed by atoms with van der Waals surface area (Å²) >= 11 is 0. The molecule has 0 aromatic heterocycles. The average Bonchev–Trinajstić information content (AvgIpc) is 3.24. The normalized spacial score (nSPS) is 30.1. The van der Waals surface area contributed by atoms with Crippen molar-refractivity contribution in [3.8, 4) is 0 Å². The summed E-state index contributed by atoms with van der Waals surface area (Å²) in [5.74, 6) is 0.703. The topological polar surface area (TPSA) is 50.4 Å². The molecule has 1 spiro atoms. The fourth-order valence-electron chi connectivity index (χ4n) is 5.32. The van der Waals surface area contributed by atoms with Gasteiger partial charge >= 0.3 is 0 Å². The Balaban J connectivity index is 1.43. The second-order valence-corrected chi connectivity index (χ2v) is 7.60. The predicted molar refractivity (Wildman–Crippen MR) is 93.8 cm³/mol. The zero-order valence-corrected chi connectivity index (χ0v) is 14.5. The van der Waals surface area contributed by atoms with E-state index >= 15 is 0 Å². The van der Waals surface area contributed by atoms with E-state index in [1.165, 1.54) is 37.7 Å². The number of fused-ring (bicyclic) bond motifs is 2. The lowest BCUT2D eigenvalue weighted by atomic mass is 9.54. The Kier molecular flexibility index (Phi) is 4.35. The molecule has 1 unspecified atom stereocenters. The molecule has 1 aromatic rings. The van der Waals surface area contributed by atoms with E-state index in [1.807, 2.05) is 25.1 Å². The fraction of sp³-hybridized carbons (Fsp3) is 0.650. The summed E-state index contributed by atoms with van der Waals surface area (Å²) < 4.78 is 6.06. The highest BCUT2D eigenvalue weighted by molar-refractivity contribution is 5.94. The van der Waals surface area contributed by atoms with Gasteiger partial charge in [0.25, 0.3) is 5.91 Å². The van der Waals surface area contributed by atoms with Crippen LogP contribution in [-0.4, -0.2) is 31.2 Å². The molecule has 1 saturated heterocycles. The molecule has 2 aliphatic carbocycles. The highest BCUT2D eigenvalue weighted by atomic mass is 16.5. The van der Waals surface area contributed by atoms with Crippen molar-refractivity contribution in [3.63, 3.8) is 0 Å². The second kappa shape index (κ2) is 6.49. The van der Waals surface area contributed by atoms with Crippen molar-refractivity contribution < 1.29 is 9.53 Å². The number of amides is 1. The summed E-state index contributed by atoms with van der Waals surface area (Å²) in [7, 11) is 0. The molecule has 4 rings (SSSR count). The van der Waals surface area contributed by atoms with Crippen LogP contribution in [0.4, 0.5) is 0 Å². The zero-order chi connectivity index (χ0) is 16.6. The maximum absolute atomic E-state index is 12.0. The van der Waals surface area contributed by atoms with Crippen LogP contribution < -0.4 is 10.6 Å². The van der Waals surface area contributed by atoms with Gasteiger partial charge in [-0.3, -0.25) is 4.79 Å². The first-order valence-corrected chi connectivity index (χ1v) is 9.47. The Hall–Kier alpha value is -1.39. The number of hydrogen-bond acceptors (Lipinski definition) is 3. The molecule has 2 saturated carbocycles. The maximum atomic E-state index is 12.0. The van der Waals surface area contributed by atoms with Crippen LogP contribution in [0.15, 0.2) is 24.3 Å². The van der Waals surface area contributed by atoms with E-state index in [-0.39, 0.29) is 5.91 Å². The average molecular weight is 328 g/mol. The van der Waals surface area contributed by atoms with Gasteiger partial charge in [-0.05, 0) is 43.9 Å². The van der Waals surface area contributed by atoms with E-state index in [1.54, 1.807) is 0 Å². The van der Waals surface area contributed by atoms with Crippen LogP contribution in [0.25, 0.3) is 0 Å². The molecule has 1 aromatic carbocycles. The van der Waals surface area contributed by atoms with Gasteiger partial charge in [-0.15, -0.1) is 0 Å². The van der Waals surface area contributed by atoms with Crippen LogP contribution in [0.1, 0.15) is 54.9 Å². The highest BCUT2D eigenvalue weighted by Gasteiger charge is 2.64. The summed E-state index contributed by atoms with van der Waals surface area (Å²) in [6.07, 6.45) is 7.01. The molecule has 3 atom stereocenters. The van der Waals surface area contributed by atoms with Gasteiger partial charge in [-0.2, -0.15) is 0 Å². The Morgan fingerprint density at radius 2 is 2.17 bits per heavy atom. The molecule has 0 radical (unpaired) electrons. The minimum Gasteiger partial charge on any atom is -0.377 e. The third-order valence-corrected chi connectivity index (χ3v) is 6.34. The standard InChI is InChI=1S/C20H28N2O2/c1-2-21-19(23)15-7-5-6-14(12-15)13-22-17-16-8-11-24-18(16)20(17)9-3-4-10-20/h5-7,12,16-18,22H,2-4,8-11,13H2,1H3,(H,21,23)/t16-,17?,18-/m1/s1. The number of hydrogen-bond donors (Lipinski definition) is 2. The lowest BCUT2D eigenvalue weighted by Gasteiger charge is -2.57. The van der Waals surface area contributed by atoms with Crippen LogP contribution in [0.2, 0.25) is 0 Å². The number of carbonyl (C=O) groups is 1. The molecule has 4 nitrogen and oxygen atoms in total. The van der Waals surface area contributed by atoms with Crippen molar-refractivity contribution in [2.45, 2.75) is 57.7 Å². The van der Waals surface area contributed by atoms with Gasteiger partial charge in [-0.1, -0.05) is 25.0 Å². The Bertz CT molecular complexity index is 609. The molecule has 2 N–H and O–H groups in total. The second-order valence-electron chi connectivity index (χ2n) is 7.60. The summed E-state index contributed by atoms with van der Waals surface area (Å²) in [5.41, 5.74) is 2.33. The van der Waals surface area contributed by atoms with Gasteiger partial charge in [0.2, 0.25) is 0 Å². The number of ether oxygens (including phenoxy) is 1. The summed E-state index contributed by atoms with van der Waals surface area (Å²) in [5, 5.41) is 6.70. The Morgan fingerprint density at radius 1 is 1.33 bits per heavy atom. The van der Waals surface area contributed by atoms with Gasteiger partial charge in [0, 0.05) is 42.6 Å². The van der Waals surface area contributed by atoms with E-state index in [9.17, 15) is 4.79 Å². The lowest BCUT2D eigenvalue weighted by Crippen LogP contribution is -2.67. The monoisotopic (exact) mass is 328 g/mol. The maximum Gasteiger partial charge on any atom is 0.251 e. The highest BCUT2D eigenvalue weighted by Crippen LogP contribution is 2.60. The summed E-state index contributed by atoms with van der Waals surface area (Å²) in [6.45, 7) is 4.38. The van der Waals surface area contributed by atoms with Crippen LogP contribution in [0.3, 0.4) is 0 Å². The van der Waals surface area contributed by atoms with Crippen molar-refractivity contribution in [1.29, 1.82) is 0 Å². The van der Waals surface area contributed by atoms with Crippen molar-refractivity contribution in [2.24, 2.45) is 11.3 Å². The Morgan fingerprint density at radius 3 is 2.96 bits per heavy atom. The third kappa shape index (κ3) is 2.56. The third-order valence-electron chi connectivity index (χ3n) is 6.34.